The molecule has 15 heteroatoms. The lowest BCUT2D eigenvalue weighted by Gasteiger charge is -2.30. The Kier molecular flexibility index (Phi) is 8.79. The molecule has 236 valence electrons. The third kappa shape index (κ3) is 5.63. The highest BCUT2D eigenvalue weighted by Crippen LogP contribution is 2.60. The van der Waals surface area contributed by atoms with Crippen LogP contribution in [0.5, 0.6) is 5.75 Å². The fraction of sp³-hybridized carbons (Fsp3) is 0.258. The van der Waals surface area contributed by atoms with Gasteiger partial charge in [0.1, 0.15) is 12.3 Å². The van der Waals surface area contributed by atoms with Crippen molar-refractivity contribution in [2.24, 2.45) is 23.7 Å². The number of Topliss-reactive ketones (excluding diaryl/α,β-unsaturated/α-hetero) is 1. The topological polar surface area (TPSA) is 144 Å². The van der Waals surface area contributed by atoms with Crippen LogP contribution in [-0.2, 0) is 9.59 Å². The van der Waals surface area contributed by atoms with Gasteiger partial charge in [-0.3, -0.25) is 29.3 Å². The van der Waals surface area contributed by atoms with Crippen molar-refractivity contribution >= 4 is 90.2 Å². The molecule has 2 saturated carbocycles. The number of amides is 3. The van der Waals surface area contributed by atoms with Gasteiger partial charge in [-0.1, -0.05) is 55.1 Å². The number of imide groups is 1. The summed E-state index contributed by atoms with van der Waals surface area (Å²) in [6.45, 7) is -0.683. The smallest absolute Gasteiger partial charge is 0.345 e. The van der Waals surface area contributed by atoms with Crippen molar-refractivity contribution in [3.63, 3.8) is 0 Å². The van der Waals surface area contributed by atoms with Crippen molar-refractivity contribution in [2.45, 2.75) is 16.1 Å². The molecule has 46 heavy (non-hydrogen) atoms. The minimum Gasteiger partial charge on any atom is -0.423 e. The number of esters is 1. The number of hydrogen-bond donors (Lipinski definition) is 0. The summed E-state index contributed by atoms with van der Waals surface area (Å²) in [4.78, 5) is 78.0. The van der Waals surface area contributed by atoms with Crippen LogP contribution < -0.4 is 4.74 Å². The van der Waals surface area contributed by atoms with Gasteiger partial charge in [-0.15, -0.1) is 0 Å². The Balaban J connectivity index is 1.25. The first kappa shape index (κ1) is 32.3. The molecule has 1 heterocycles. The Labute approximate surface area is 288 Å². The van der Waals surface area contributed by atoms with Crippen LogP contribution in [0.2, 0.25) is 10.0 Å². The maximum absolute atomic E-state index is 13.8. The number of alkyl halides is 2. The normalized spacial score (nSPS) is 24.6. The molecule has 0 radical (unpaired) electrons. The van der Waals surface area contributed by atoms with Crippen LogP contribution in [0.25, 0.3) is 0 Å². The number of hydrogen-bond acceptors (Lipinski definition) is 8. The van der Waals surface area contributed by atoms with Gasteiger partial charge in [-0.05, 0) is 72.9 Å². The Morgan fingerprint density at radius 2 is 1.46 bits per heavy atom. The molecule has 0 unspecified atom stereocenters. The number of halogens is 4. The van der Waals surface area contributed by atoms with Gasteiger partial charge in [-0.25, -0.2) is 9.80 Å². The zero-order chi connectivity index (χ0) is 33.0. The van der Waals surface area contributed by atoms with Gasteiger partial charge in [-0.2, -0.15) is 5.01 Å². The van der Waals surface area contributed by atoms with Crippen LogP contribution >= 0.6 is 55.1 Å². The van der Waals surface area contributed by atoms with E-state index in [4.69, 9.17) is 27.9 Å². The Morgan fingerprint density at radius 3 is 2.00 bits per heavy atom. The monoisotopic (exact) mass is 791 g/mol. The second-order valence-electron chi connectivity index (χ2n) is 11.1. The van der Waals surface area contributed by atoms with E-state index in [0.29, 0.717) is 11.4 Å². The number of hydrazine groups is 1. The molecule has 2 aliphatic carbocycles. The summed E-state index contributed by atoms with van der Waals surface area (Å²) in [6, 6.07) is 14.4. The highest BCUT2D eigenvalue weighted by atomic mass is 79.9. The molecule has 3 amide bonds. The van der Waals surface area contributed by atoms with Crippen molar-refractivity contribution in [1.82, 2.24) is 10.0 Å². The molecule has 6 rings (SSSR count). The maximum Gasteiger partial charge on any atom is 0.345 e. The van der Waals surface area contributed by atoms with Crippen molar-refractivity contribution in [1.29, 1.82) is 0 Å². The van der Waals surface area contributed by atoms with Crippen LogP contribution in [0, 0.1) is 33.8 Å². The largest absolute Gasteiger partial charge is 0.423 e. The van der Waals surface area contributed by atoms with Gasteiger partial charge in [0.25, 0.3) is 23.4 Å². The summed E-state index contributed by atoms with van der Waals surface area (Å²) in [5.74, 6) is -4.83. The van der Waals surface area contributed by atoms with E-state index in [2.05, 4.69) is 31.9 Å². The maximum atomic E-state index is 13.8. The fourth-order valence-corrected chi connectivity index (χ4v) is 8.79. The van der Waals surface area contributed by atoms with Gasteiger partial charge in [0.2, 0.25) is 0 Å². The number of nitro benzene ring substituents is 1. The molecule has 0 N–H and O–H groups in total. The molecule has 2 bridgehead atoms. The zero-order valence-electron chi connectivity index (χ0n) is 23.3. The van der Waals surface area contributed by atoms with Gasteiger partial charge in [0.05, 0.1) is 27.3 Å². The molecule has 0 aromatic heterocycles. The summed E-state index contributed by atoms with van der Waals surface area (Å²) in [6.07, 6.45) is 0.670. The molecular formula is C31H21Br2Cl2N3O8. The lowest BCUT2D eigenvalue weighted by Crippen LogP contribution is -2.52. The predicted octanol–water partition coefficient (Wildman–Crippen LogP) is 6.14. The minimum absolute atomic E-state index is 0.0424. The van der Waals surface area contributed by atoms with Crippen LogP contribution in [0.1, 0.15) is 37.5 Å². The first-order valence-electron chi connectivity index (χ1n) is 13.9. The molecule has 3 aromatic rings. The number of carbonyl (C=O) groups is 5. The van der Waals surface area contributed by atoms with Gasteiger partial charge in [0.15, 0.2) is 5.78 Å². The quantitative estimate of drug-likeness (QED) is 0.0504. The van der Waals surface area contributed by atoms with E-state index in [1.165, 1.54) is 54.6 Å². The lowest BCUT2D eigenvalue weighted by molar-refractivity contribution is -0.384. The fourth-order valence-electron chi connectivity index (χ4n) is 6.43. The zero-order valence-corrected chi connectivity index (χ0v) is 28.0. The Hall–Kier alpha value is -3.65. The molecule has 11 nitrogen and oxygen atoms in total. The summed E-state index contributed by atoms with van der Waals surface area (Å²) >= 11 is 19.2. The number of fused-ring (bicyclic) bond motifs is 5. The molecule has 3 fully saturated rings. The first-order valence-corrected chi connectivity index (χ1v) is 16.5. The SMILES string of the molecule is O=C(CN(C(=O)c1ccc([N+](=O)[O-])cc1)N1C(=O)[C@@H]2[C@H]3C[C@@H]([C@H](Br)[C@@H]3Br)[C@@H]2C1=O)c1ccc(OC(=O)c2ccc(Cl)cc2Cl)cc1. The number of rotatable bonds is 8. The summed E-state index contributed by atoms with van der Waals surface area (Å²) in [7, 11) is 0. The van der Waals surface area contributed by atoms with E-state index in [9.17, 15) is 34.1 Å². The Morgan fingerprint density at radius 1 is 0.891 bits per heavy atom. The average Bonchev–Trinajstić information content (AvgIpc) is 3.64. The number of benzene rings is 3. The van der Waals surface area contributed by atoms with Gasteiger partial charge < -0.3 is 4.74 Å². The van der Waals surface area contributed by atoms with Crippen molar-refractivity contribution < 1.29 is 33.6 Å². The van der Waals surface area contributed by atoms with E-state index < -0.39 is 52.8 Å². The van der Waals surface area contributed by atoms with Gasteiger partial charge in [0, 0.05) is 37.9 Å². The van der Waals surface area contributed by atoms with E-state index in [1.54, 1.807) is 0 Å². The summed E-state index contributed by atoms with van der Waals surface area (Å²) in [5, 5.41) is 13.2. The van der Waals surface area contributed by atoms with Crippen molar-refractivity contribution in [3.8, 4) is 5.75 Å². The minimum atomic E-state index is -0.853. The van der Waals surface area contributed by atoms with Crippen LogP contribution in [0.15, 0.2) is 66.7 Å². The standard InChI is InChI=1S/C31H21Br2Cl2N3O8/c32-26-20-12-21(27(26)33)25-24(20)29(41)37(30(25)42)36(28(40)15-1-6-17(7-2-15)38(44)45)13-23(39)14-3-8-18(9-4-14)46-31(43)19-10-5-16(34)11-22(19)35/h1-11,20-21,24-27H,12-13H2/t20-,21-,24-,25+,26-,27+/m1/s1. The van der Waals surface area contributed by atoms with Crippen LogP contribution in [0.3, 0.4) is 0 Å². The van der Waals surface area contributed by atoms with Gasteiger partial charge >= 0.3 is 5.97 Å². The molecule has 0 spiro atoms. The number of nitrogens with zero attached hydrogens (tertiary/aromatic N) is 3. The van der Waals surface area contributed by atoms with E-state index in [0.717, 1.165) is 22.2 Å². The van der Waals surface area contributed by atoms with E-state index >= 15 is 0 Å². The summed E-state index contributed by atoms with van der Waals surface area (Å²) < 4.78 is 5.36. The predicted molar refractivity (Wildman–Crippen MR) is 172 cm³/mol. The molecule has 1 saturated heterocycles. The second-order valence-corrected chi connectivity index (χ2v) is 14.1. The van der Waals surface area contributed by atoms with Crippen molar-refractivity contribution in [3.05, 3.63) is 104 Å². The molecule has 6 atom stereocenters. The average molecular weight is 794 g/mol. The van der Waals surface area contributed by atoms with E-state index in [-0.39, 0.29) is 54.6 Å². The number of non-ortho nitro benzene ring substituents is 1. The number of ether oxygens (including phenoxy) is 1. The lowest BCUT2D eigenvalue weighted by atomic mass is 9.81. The number of nitro groups is 1. The number of carbonyl (C=O) groups excluding carboxylic acids is 5. The first-order chi connectivity index (χ1) is 21.9. The second kappa shape index (κ2) is 12.5. The molecule has 3 aromatic carbocycles. The summed E-state index contributed by atoms with van der Waals surface area (Å²) in [5.41, 5.74) is -0.128. The van der Waals surface area contributed by atoms with Crippen LogP contribution in [0.4, 0.5) is 5.69 Å². The number of ketones is 1. The third-order valence-electron chi connectivity index (χ3n) is 8.60. The van der Waals surface area contributed by atoms with Crippen LogP contribution in [-0.4, -0.2) is 60.6 Å². The molecule has 3 aliphatic rings. The molecule has 1 aliphatic heterocycles. The highest BCUT2D eigenvalue weighted by Gasteiger charge is 2.67. The highest BCUT2D eigenvalue weighted by molar-refractivity contribution is 9.12. The van der Waals surface area contributed by atoms with Crippen molar-refractivity contribution in [2.75, 3.05) is 6.54 Å². The van der Waals surface area contributed by atoms with E-state index in [1.807, 2.05) is 0 Å². The molecular weight excluding hydrogens is 773 g/mol. The Bertz CT molecular complexity index is 1770. The third-order valence-corrected chi connectivity index (χ3v) is 12.4.